The number of rotatable bonds is 8. The van der Waals surface area contributed by atoms with E-state index in [1.54, 1.807) is 12.1 Å². The highest BCUT2D eigenvalue weighted by Crippen LogP contribution is 2.27. The van der Waals surface area contributed by atoms with Crippen LogP contribution in [0.3, 0.4) is 0 Å². The van der Waals surface area contributed by atoms with Crippen LogP contribution in [0, 0.1) is 0 Å². The molecule has 0 aliphatic carbocycles. The van der Waals surface area contributed by atoms with Gasteiger partial charge in [-0.05, 0) is 56.0 Å². The van der Waals surface area contributed by atoms with E-state index >= 15 is 0 Å². The van der Waals surface area contributed by atoms with E-state index in [2.05, 4.69) is 29.6 Å². The number of nitrogens with one attached hydrogen (secondary N) is 1. The fourth-order valence-corrected chi connectivity index (χ4v) is 6.49. The number of nitrogens with zero attached hydrogens (tertiary/aromatic N) is 2. The zero-order chi connectivity index (χ0) is 21.0. The highest BCUT2D eigenvalue weighted by molar-refractivity contribution is 7.91. The molecule has 0 saturated carbocycles. The highest BCUT2D eigenvalue weighted by atomic mass is 32.2. The van der Waals surface area contributed by atoms with Crippen LogP contribution in [0.2, 0.25) is 0 Å². The molecule has 29 heavy (non-hydrogen) atoms. The lowest BCUT2D eigenvalue weighted by Gasteiger charge is -2.16. The molecular formula is C21H29N3O3S2. The van der Waals surface area contributed by atoms with Crippen molar-refractivity contribution in [2.24, 2.45) is 0 Å². The number of hydrogen-bond donors (Lipinski definition) is 1. The Hall–Kier alpha value is -1.90. The molecule has 1 aromatic carbocycles. The fraction of sp³-hybridized carbons (Fsp3) is 0.476. The van der Waals surface area contributed by atoms with E-state index in [0.29, 0.717) is 17.3 Å². The van der Waals surface area contributed by atoms with E-state index in [4.69, 9.17) is 0 Å². The van der Waals surface area contributed by atoms with E-state index in [-0.39, 0.29) is 18.4 Å². The predicted octanol–water partition coefficient (Wildman–Crippen LogP) is 2.89. The van der Waals surface area contributed by atoms with Crippen LogP contribution in [0.1, 0.15) is 30.2 Å². The smallest absolute Gasteiger partial charge is 0.252 e. The summed E-state index contributed by atoms with van der Waals surface area (Å²) in [5.74, 6) is -0.0885. The van der Waals surface area contributed by atoms with Gasteiger partial charge in [-0.3, -0.25) is 4.79 Å². The maximum Gasteiger partial charge on any atom is 0.252 e. The fourth-order valence-electron chi connectivity index (χ4n) is 3.47. The van der Waals surface area contributed by atoms with Crippen molar-refractivity contribution >= 4 is 33.0 Å². The molecule has 1 aliphatic rings. The van der Waals surface area contributed by atoms with Crippen molar-refractivity contribution in [1.29, 1.82) is 0 Å². The third kappa shape index (κ3) is 5.58. The van der Waals surface area contributed by atoms with E-state index in [0.717, 1.165) is 29.8 Å². The normalized spacial score (nSPS) is 16.0. The van der Waals surface area contributed by atoms with E-state index in [1.165, 1.54) is 21.2 Å². The van der Waals surface area contributed by atoms with Crippen molar-refractivity contribution in [3.05, 3.63) is 46.8 Å². The zero-order valence-corrected chi connectivity index (χ0v) is 18.9. The van der Waals surface area contributed by atoms with Crippen LogP contribution >= 0.6 is 11.3 Å². The summed E-state index contributed by atoms with van der Waals surface area (Å²) in [5, 5.41) is 3.01. The molecule has 1 saturated heterocycles. The summed E-state index contributed by atoms with van der Waals surface area (Å²) in [6.45, 7) is 3.15. The van der Waals surface area contributed by atoms with Gasteiger partial charge in [0.2, 0.25) is 5.91 Å². The summed E-state index contributed by atoms with van der Waals surface area (Å²) < 4.78 is 27.1. The molecular weight excluding hydrogens is 406 g/mol. The number of sulfonamides is 1. The summed E-state index contributed by atoms with van der Waals surface area (Å²) >= 11 is 1.20. The molecule has 1 aliphatic heterocycles. The first-order valence-corrected chi connectivity index (χ1v) is 12.2. The second-order valence-electron chi connectivity index (χ2n) is 7.74. The predicted molar refractivity (Wildman–Crippen MR) is 118 cm³/mol. The first-order chi connectivity index (χ1) is 13.8. The molecule has 1 N–H and O–H groups in total. The van der Waals surface area contributed by atoms with E-state index in [1.807, 2.05) is 25.9 Å². The summed E-state index contributed by atoms with van der Waals surface area (Å²) in [7, 11) is 0.598. The minimum Gasteiger partial charge on any atom is -0.378 e. The molecule has 158 valence electrons. The number of thiophene rings is 1. The minimum absolute atomic E-state index is 0.000436. The number of carbonyl (C=O) groups is 1. The van der Waals surface area contributed by atoms with Crippen LogP contribution in [0.5, 0.6) is 0 Å². The Kier molecular flexibility index (Phi) is 6.97. The molecule has 8 heteroatoms. The second kappa shape index (κ2) is 9.28. The summed E-state index contributed by atoms with van der Waals surface area (Å²) in [6, 6.07) is 11.7. The second-order valence-corrected chi connectivity index (χ2v) is 11.1. The molecule has 1 atom stereocenters. The lowest BCUT2D eigenvalue weighted by Crippen LogP contribution is -2.35. The Labute approximate surface area is 177 Å². The minimum atomic E-state index is -3.41. The van der Waals surface area contributed by atoms with Crippen molar-refractivity contribution in [3.63, 3.8) is 0 Å². The molecule has 0 radical (unpaired) electrons. The van der Waals surface area contributed by atoms with Gasteiger partial charge in [-0.1, -0.05) is 12.1 Å². The molecule has 3 rings (SSSR count). The van der Waals surface area contributed by atoms with Gasteiger partial charge in [-0.15, -0.1) is 11.3 Å². The molecule has 1 fully saturated rings. The average molecular weight is 436 g/mol. The lowest BCUT2D eigenvalue weighted by molar-refractivity contribution is -0.120. The Morgan fingerprint density at radius 3 is 2.41 bits per heavy atom. The van der Waals surface area contributed by atoms with Crippen LogP contribution in [-0.4, -0.2) is 51.9 Å². The largest absolute Gasteiger partial charge is 0.378 e. The maximum atomic E-state index is 12.6. The lowest BCUT2D eigenvalue weighted by atomic mass is 10.1. The van der Waals surface area contributed by atoms with Gasteiger partial charge >= 0.3 is 0 Å². The van der Waals surface area contributed by atoms with Gasteiger partial charge in [0.15, 0.2) is 0 Å². The molecule has 1 aromatic heterocycles. The number of benzene rings is 1. The van der Waals surface area contributed by atoms with Crippen LogP contribution in [-0.2, 0) is 27.7 Å². The van der Waals surface area contributed by atoms with Gasteiger partial charge in [0, 0.05) is 43.8 Å². The summed E-state index contributed by atoms with van der Waals surface area (Å²) in [6.07, 6.45) is 2.77. The van der Waals surface area contributed by atoms with Crippen molar-refractivity contribution in [2.75, 3.05) is 32.1 Å². The molecule has 1 unspecified atom stereocenters. The standard InChI is InChI=1S/C21H29N3O3S2/c1-16(14-17-6-8-18(9-7-17)23(2)3)22-20(25)15-19-10-11-21(28-19)29(26,27)24-12-4-5-13-24/h6-11,16H,4-5,12-15H2,1-3H3,(H,22,25). The van der Waals surface area contributed by atoms with Crippen LogP contribution in [0.25, 0.3) is 0 Å². The highest BCUT2D eigenvalue weighted by Gasteiger charge is 2.28. The molecule has 6 nitrogen and oxygen atoms in total. The molecule has 0 bridgehead atoms. The van der Waals surface area contributed by atoms with Gasteiger partial charge in [-0.25, -0.2) is 8.42 Å². The third-order valence-corrected chi connectivity index (χ3v) is 8.48. The molecule has 2 aromatic rings. The molecule has 2 heterocycles. The Morgan fingerprint density at radius 2 is 1.79 bits per heavy atom. The van der Waals surface area contributed by atoms with Crippen molar-refractivity contribution in [2.45, 2.75) is 42.9 Å². The number of hydrogen-bond acceptors (Lipinski definition) is 5. The Morgan fingerprint density at radius 1 is 1.14 bits per heavy atom. The zero-order valence-electron chi connectivity index (χ0n) is 17.2. The Bertz CT molecular complexity index is 930. The monoisotopic (exact) mass is 435 g/mol. The van der Waals surface area contributed by atoms with Gasteiger partial charge < -0.3 is 10.2 Å². The van der Waals surface area contributed by atoms with Crippen molar-refractivity contribution in [1.82, 2.24) is 9.62 Å². The molecule has 0 spiro atoms. The number of carbonyl (C=O) groups excluding carboxylic acids is 1. The van der Waals surface area contributed by atoms with Gasteiger partial charge in [0.25, 0.3) is 10.0 Å². The first kappa shape index (κ1) is 21.8. The summed E-state index contributed by atoms with van der Waals surface area (Å²) in [5.41, 5.74) is 2.31. The van der Waals surface area contributed by atoms with Crippen molar-refractivity contribution < 1.29 is 13.2 Å². The SMILES string of the molecule is CC(Cc1ccc(N(C)C)cc1)NC(=O)Cc1ccc(S(=O)(=O)N2CCCC2)s1. The van der Waals surface area contributed by atoms with Crippen molar-refractivity contribution in [3.8, 4) is 0 Å². The van der Waals surface area contributed by atoms with Crippen LogP contribution < -0.4 is 10.2 Å². The maximum absolute atomic E-state index is 12.6. The van der Waals surface area contributed by atoms with Gasteiger partial charge in [-0.2, -0.15) is 4.31 Å². The summed E-state index contributed by atoms with van der Waals surface area (Å²) in [4.78, 5) is 15.2. The van der Waals surface area contributed by atoms with E-state index < -0.39 is 10.0 Å². The average Bonchev–Trinajstić information content (AvgIpc) is 3.34. The van der Waals surface area contributed by atoms with Crippen LogP contribution in [0.4, 0.5) is 5.69 Å². The van der Waals surface area contributed by atoms with Gasteiger partial charge in [0.05, 0.1) is 6.42 Å². The van der Waals surface area contributed by atoms with E-state index in [9.17, 15) is 13.2 Å². The quantitative estimate of drug-likeness (QED) is 0.692. The third-order valence-electron chi connectivity index (χ3n) is 5.03. The van der Waals surface area contributed by atoms with Gasteiger partial charge in [0.1, 0.15) is 4.21 Å². The molecule has 1 amide bonds. The number of amides is 1. The Balaban J connectivity index is 1.53. The first-order valence-electron chi connectivity index (χ1n) is 9.90. The number of anilines is 1. The van der Waals surface area contributed by atoms with Crippen LogP contribution in [0.15, 0.2) is 40.6 Å². The topological polar surface area (TPSA) is 69.7 Å².